The summed E-state index contributed by atoms with van der Waals surface area (Å²) in [5.74, 6) is -0.536. The Morgan fingerprint density at radius 3 is 2.55 bits per heavy atom. The van der Waals surface area contributed by atoms with Crippen molar-refractivity contribution in [3.63, 3.8) is 0 Å². The average Bonchev–Trinajstić information content (AvgIpc) is 3.11. The Labute approximate surface area is 179 Å². The molecule has 0 bridgehead atoms. The highest BCUT2D eigenvalue weighted by Gasteiger charge is 2.22. The molecule has 0 aliphatic carbocycles. The second-order valence-corrected chi connectivity index (χ2v) is 9.20. The lowest BCUT2D eigenvalue weighted by Crippen LogP contribution is -2.19. The first-order valence-electron chi connectivity index (χ1n) is 9.60. The molecule has 31 heavy (non-hydrogen) atoms. The maximum absolute atomic E-state index is 13.2. The van der Waals surface area contributed by atoms with E-state index in [1.165, 1.54) is 30.5 Å². The van der Waals surface area contributed by atoms with Gasteiger partial charge in [0.2, 0.25) is 5.91 Å². The molecule has 0 radical (unpaired) electrons. The average molecular weight is 437 g/mol. The molecule has 0 unspecified atom stereocenters. The molecule has 6 nitrogen and oxygen atoms in total. The maximum atomic E-state index is 13.2. The van der Waals surface area contributed by atoms with Gasteiger partial charge in [-0.05, 0) is 42.3 Å². The summed E-state index contributed by atoms with van der Waals surface area (Å²) in [5, 5.41) is 3.29. The van der Waals surface area contributed by atoms with E-state index in [4.69, 9.17) is 0 Å². The number of benzene rings is 2. The highest BCUT2D eigenvalue weighted by atomic mass is 32.2. The smallest absolute Gasteiger partial charge is 0.245 e. The normalized spacial score (nSPS) is 11.5. The number of nitrogens with one attached hydrogen (secondary N) is 1. The monoisotopic (exact) mass is 437 g/mol. The van der Waals surface area contributed by atoms with Crippen LogP contribution in [-0.2, 0) is 26.9 Å². The van der Waals surface area contributed by atoms with Crippen molar-refractivity contribution in [1.82, 2.24) is 9.55 Å². The summed E-state index contributed by atoms with van der Waals surface area (Å²) in [5.41, 5.74) is 1.95. The third kappa shape index (κ3) is 4.49. The van der Waals surface area contributed by atoms with Gasteiger partial charge in [-0.2, -0.15) is 0 Å². The summed E-state index contributed by atoms with van der Waals surface area (Å²) < 4.78 is 41.0. The zero-order valence-electron chi connectivity index (χ0n) is 16.7. The van der Waals surface area contributed by atoms with Crippen molar-refractivity contribution in [3.8, 4) is 0 Å². The second-order valence-electron chi connectivity index (χ2n) is 7.24. The van der Waals surface area contributed by atoms with Gasteiger partial charge < -0.3 is 9.88 Å². The number of aromatic nitrogens is 2. The van der Waals surface area contributed by atoms with E-state index >= 15 is 0 Å². The SMILES string of the molecule is Cc1cccnc1NC(=O)Cn1cc(S(=O)(=O)Cc2ccc(F)cc2)c2ccccc21. The Bertz CT molecular complexity index is 1360. The van der Waals surface area contributed by atoms with Crippen molar-refractivity contribution in [3.05, 3.63) is 90.0 Å². The first-order valence-corrected chi connectivity index (χ1v) is 11.3. The molecule has 0 aliphatic heterocycles. The third-order valence-corrected chi connectivity index (χ3v) is 6.65. The number of para-hydroxylation sites is 1. The van der Waals surface area contributed by atoms with E-state index in [-0.39, 0.29) is 23.1 Å². The van der Waals surface area contributed by atoms with Crippen molar-refractivity contribution in [2.45, 2.75) is 24.1 Å². The molecule has 4 aromatic rings. The van der Waals surface area contributed by atoms with Crippen molar-refractivity contribution >= 4 is 32.5 Å². The third-order valence-electron chi connectivity index (χ3n) is 4.94. The summed E-state index contributed by atoms with van der Waals surface area (Å²) in [6, 6.07) is 16.0. The van der Waals surface area contributed by atoms with Gasteiger partial charge in [0.1, 0.15) is 18.2 Å². The van der Waals surface area contributed by atoms with Gasteiger partial charge in [0.15, 0.2) is 9.84 Å². The lowest BCUT2D eigenvalue weighted by molar-refractivity contribution is -0.116. The van der Waals surface area contributed by atoms with Crippen LogP contribution in [0.25, 0.3) is 10.9 Å². The fraction of sp³-hybridized carbons (Fsp3) is 0.130. The number of pyridine rings is 1. The number of aryl methyl sites for hydroxylation is 1. The van der Waals surface area contributed by atoms with Crippen LogP contribution in [0.2, 0.25) is 0 Å². The second kappa shape index (κ2) is 8.31. The fourth-order valence-electron chi connectivity index (χ4n) is 3.41. The number of carbonyl (C=O) groups excluding carboxylic acids is 1. The van der Waals surface area contributed by atoms with Crippen LogP contribution in [0, 0.1) is 12.7 Å². The molecule has 1 amide bonds. The Kier molecular flexibility index (Phi) is 5.56. The van der Waals surface area contributed by atoms with Crippen LogP contribution in [-0.4, -0.2) is 23.9 Å². The predicted molar refractivity (Wildman–Crippen MR) is 117 cm³/mol. The largest absolute Gasteiger partial charge is 0.337 e. The van der Waals surface area contributed by atoms with Crippen molar-refractivity contribution in [2.75, 3.05) is 5.32 Å². The minimum absolute atomic E-state index is 0.0669. The van der Waals surface area contributed by atoms with Crippen molar-refractivity contribution < 1.29 is 17.6 Å². The zero-order valence-corrected chi connectivity index (χ0v) is 17.6. The van der Waals surface area contributed by atoms with Crippen molar-refractivity contribution in [2.24, 2.45) is 0 Å². The quantitative estimate of drug-likeness (QED) is 0.493. The van der Waals surface area contributed by atoms with Crippen LogP contribution in [0.1, 0.15) is 11.1 Å². The van der Waals surface area contributed by atoms with Crippen LogP contribution < -0.4 is 5.32 Å². The highest BCUT2D eigenvalue weighted by Crippen LogP contribution is 2.28. The van der Waals surface area contributed by atoms with Crippen LogP contribution in [0.4, 0.5) is 10.2 Å². The van der Waals surface area contributed by atoms with Gasteiger partial charge in [0.25, 0.3) is 0 Å². The molecule has 1 N–H and O–H groups in total. The number of anilines is 1. The van der Waals surface area contributed by atoms with Gasteiger partial charge in [-0.3, -0.25) is 4.79 Å². The van der Waals surface area contributed by atoms with Crippen LogP contribution >= 0.6 is 0 Å². The molecule has 0 saturated heterocycles. The number of hydrogen-bond acceptors (Lipinski definition) is 4. The van der Waals surface area contributed by atoms with E-state index in [1.54, 1.807) is 41.1 Å². The molecule has 2 aromatic heterocycles. The standard InChI is InChI=1S/C23H20FN3O3S/c1-16-5-4-12-25-23(16)26-22(28)14-27-13-21(19-6-2-3-7-20(19)27)31(29,30)15-17-8-10-18(24)11-9-17/h2-13H,14-15H2,1H3,(H,25,26,28). The number of hydrogen-bond donors (Lipinski definition) is 1. The molecule has 158 valence electrons. The summed E-state index contributed by atoms with van der Waals surface area (Å²) in [6.45, 7) is 1.77. The predicted octanol–water partition coefficient (Wildman–Crippen LogP) is 4.10. The fourth-order valence-corrected chi connectivity index (χ4v) is 4.99. The van der Waals surface area contributed by atoms with E-state index in [9.17, 15) is 17.6 Å². The van der Waals surface area contributed by atoms with Gasteiger partial charge in [0.05, 0.1) is 10.6 Å². The Morgan fingerprint density at radius 1 is 1.06 bits per heavy atom. The molecule has 0 saturated carbocycles. The molecule has 0 atom stereocenters. The Morgan fingerprint density at radius 2 is 1.81 bits per heavy atom. The van der Waals surface area contributed by atoms with E-state index in [2.05, 4.69) is 10.3 Å². The molecular weight excluding hydrogens is 417 g/mol. The first kappa shape index (κ1) is 20.7. The maximum Gasteiger partial charge on any atom is 0.245 e. The number of sulfone groups is 1. The number of halogens is 1. The first-order chi connectivity index (χ1) is 14.8. The minimum atomic E-state index is -3.72. The van der Waals surface area contributed by atoms with Crippen LogP contribution in [0.15, 0.2) is 78.0 Å². The lowest BCUT2D eigenvalue weighted by Gasteiger charge is -2.08. The van der Waals surface area contributed by atoms with E-state index in [1.807, 2.05) is 13.0 Å². The molecule has 4 rings (SSSR count). The molecule has 0 aliphatic rings. The van der Waals surface area contributed by atoms with Crippen molar-refractivity contribution in [1.29, 1.82) is 0 Å². The number of fused-ring (bicyclic) bond motifs is 1. The number of carbonyl (C=O) groups is 1. The van der Waals surface area contributed by atoms with Gasteiger partial charge in [0, 0.05) is 23.3 Å². The number of nitrogens with zero attached hydrogens (tertiary/aromatic N) is 2. The highest BCUT2D eigenvalue weighted by molar-refractivity contribution is 7.90. The number of rotatable bonds is 6. The summed E-state index contributed by atoms with van der Waals surface area (Å²) >= 11 is 0. The molecule has 0 fully saturated rings. The van der Waals surface area contributed by atoms with E-state index in [0.717, 1.165) is 5.56 Å². The molecule has 8 heteroatoms. The van der Waals surface area contributed by atoms with Gasteiger partial charge >= 0.3 is 0 Å². The van der Waals surface area contributed by atoms with Crippen LogP contribution in [0.5, 0.6) is 0 Å². The molecular formula is C23H20FN3O3S. The zero-order chi connectivity index (χ0) is 22.0. The van der Waals surface area contributed by atoms with Gasteiger partial charge in [-0.15, -0.1) is 0 Å². The summed E-state index contributed by atoms with van der Waals surface area (Å²) in [7, 11) is -3.72. The number of amides is 1. The van der Waals surface area contributed by atoms with E-state index < -0.39 is 15.7 Å². The summed E-state index contributed by atoms with van der Waals surface area (Å²) in [6.07, 6.45) is 3.07. The Hall–Kier alpha value is -3.52. The Balaban J connectivity index is 1.65. The molecule has 2 heterocycles. The molecule has 2 aromatic carbocycles. The van der Waals surface area contributed by atoms with E-state index in [0.29, 0.717) is 22.3 Å². The van der Waals surface area contributed by atoms with Crippen LogP contribution in [0.3, 0.4) is 0 Å². The summed E-state index contributed by atoms with van der Waals surface area (Å²) in [4.78, 5) is 16.9. The topological polar surface area (TPSA) is 81.1 Å². The minimum Gasteiger partial charge on any atom is -0.337 e. The molecule has 0 spiro atoms. The lowest BCUT2D eigenvalue weighted by atomic mass is 10.2. The van der Waals surface area contributed by atoms with Gasteiger partial charge in [-0.25, -0.2) is 17.8 Å². The van der Waals surface area contributed by atoms with Gasteiger partial charge in [-0.1, -0.05) is 36.4 Å².